The number of fused-ring (bicyclic) bond motifs is 2. The van der Waals surface area contributed by atoms with Crippen LogP contribution in [0.2, 0.25) is 0 Å². The molecule has 2 saturated heterocycles. The summed E-state index contributed by atoms with van der Waals surface area (Å²) in [6.07, 6.45) is 6.38. The first-order chi connectivity index (χ1) is 10.2. The van der Waals surface area contributed by atoms with E-state index in [1.54, 1.807) is 0 Å². The summed E-state index contributed by atoms with van der Waals surface area (Å²) in [7, 11) is 0. The minimum atomic E-state index is 0. The van der Waals surface area contributed by atoms with Crippen molar-refractivity contribution in [1.82, 2.24) is 10.6 Å². The van der Waals surface area contributed by atoms with Gasteiger partial charge in [0.15, 0.2) is 0 Å². The highest BCUT2D eigenvalue weighted by Gasteiger charge is 2.34. The first-order valence-corrected chi connectivity index (χ1v) is 8.35. The molecule has 22 heavy (non-hydrogen) atoms. The second-order valence-electron chi connectivity index (χ2n) is 6.59. The third-order valence-corrected chi connectivity index (χ3v) is 5.03. The van der Waals surface area contributed by atoms with Crippen LogP contribution in [0.5, 0.6) is 0 Å². The van der Waals surface area contributed by atoms with Gasteiger partial charge in [0.2, 0.25) is 5.91 Å². The lowest BCUT2D eigenvalue weighted by atomic mass is 9.92. The zero-order chi connectivity index (χ0) is 14.7. The fraction of sp³-hybridized carbons (Fsp3) is 0.611. The topological polar surface area (TPSA) is 41.1 Å². The van der Waals surface area contributed by atoms with E-state index in [2.05, 4.69) is 41.8 Å². The molecule has 2 aliphatic rings. The minimum absolute atomic E-state index is 0. The van der Waals surface area contributed by atoms with Crippen LogP contribution in [0.15, 0.2) is 30.3 Å². The quantitative estimate of drug-likeness (QED) is 0.872. The molecule has 0 radical (unpaired) electrons. The Morgan fingerprint density at radius 1 is 1.23 bits per heavy atom. The molecule has 0 spiro atoms. The van der Waals surface area contributed by atoms with Crippen LogP contribution in [0, 0.1) is 0 Å². The van der Waals surface area contributed by atoms with E-state index in [0.29, 0.717) is 30.5 Å². The molecule has 2 aliphatic heterocycles. The summed E-state index contributed by atoms with van der Waals surface area (Å²) >= 11 is 0. The lowest BCUT2D eigenvalue weighted by Crippen LogP contribution is -2.48. The molecule has 2 N–H and O–H groups in total. The molecular weight excluding hydrogens is 296 g/mol. The summed E-state index contributed by atoms with van der Waals surface area (Å²) in [5, 5.41) is 6.90. The maximum absolute atomic E-state index is 12.4. The Kier molecular flexibility index (Phi) is 6.27. The standard InChI is InChI=1S/C18H26N2O.ClH/c1-2-13(14-6-4-3-5-7-14)10-18(21)20-17-11-15-8-9-16(12-17)19-15;/h3-7,13,15-17,19H,2,8-12H2,1H3,(H,20,21);1H. The van der Waals surface area contributed by atoms with Crippen LogP contribution in [-0.2, 0) is 4.79 Å². The molecule has 0 saturated carbocycles. The number of hydrogen-bond donors (Lipinski definition) is 2. The Balaban J connectivity index is 0.00000176. The fourth-order valence-electron chi connectivity index (χ4n) is 3.91. The summed E-state index contributed by atoms with van der Waals surface area (Å²) in [5.74, 6) is 0.557. The SMILES string of the molecule is CCC(CC(=O)NC1CC2CCC(C1)N2)c1ccccc1.Cl. The summed E-state index contributed by atoms with van der Waals surface area (Å²) in [6, 6.07) is 12.0. The summed E-state index contributed by atoms with van der Waals surface area (Å²) in [4.78, 5) is 12.4. The van der Waals surface area contributed by atoms with Crippen LogP contribution >= 0.6 is 12.4 Å². The number of piperidine rings is 1. The van der Waals surface area contributed by atoms with Crippen molar-refractivity contribution in [2.45, 2.75) is 69.5 Å². The highest BCUT2D eigenvalue weighted by molar-refractivity contribution is 5.85. The normalized spacial score (nSPS) is 27.8. The van der Waals surface area contributed by atoms with Crippen molar-refractivity contribution in [1.29, 1.82) is 0 Å². The van der Waals surface area contributed by atoms with Crippen molar-refractivity contribution < 1.29 is 4.79 Å². The number of nitrogens with one attached hydrogen (secondary N) is 2. The van der Waals surface area contributed by atoms with E-state index in [4.69, 9.17) is 0 Å². The molecule has 0 aliphatic carbocycles. The number of amides is 1. The maximum atomic E-state index is 12.4. The second-order valence-corrected chi connectivity index (χ2v) is 6.59. The number of carbonyl (C=O) groups excluding carboxylic acids is 1. The van der Waals surface area contributed by atoms with Gasteiger partial charge < -0.3 is 10.6 Å². The van der Waals surface area contributed by atoms with Gasteiger partial charge in [0.25, 0.3) is 0 Å². The predicted molar refractivity (Wildman–Crippen MR) is 92.4 cm³/mol. The molecule has 1 amide bonds. The van der Waals surface area contributed by atoms with Crippen LogP contribution < -0.4 is 10.6 Å². The van der Waals surface area contributed by atoms with Gasteiger partial charge in [-0.3, -0.25) is 4.79 Å². The molecule has 3 atom stereocenters. The average Bonchev–Trinajstić information content (AvgIpc) is 2.84. The highest BCUT2D eigenvalue weighted by atomic mass is 35.5. The van der Waals surface area contributed by atoms with Gasteiger partial charge in [0.1, 0.15) is 0 Å². The van der Waals surface area contributed by atoms with Crippen molar-refractivity contribution in [3.8, 4) is 0 Å². The first kappa shape index (κ1) is 17.3. The molecule has 4 heteroatoms. The van der Waals surface area contributed by atoms with Gasteiger partial charge in [-0.1, -0.05) is 37.3 Å². The van der Waals surface area contributed by atoms with Gasteiger partial charge in [0, 0.05) is 24.5 Å². The summed E-state index contributed by atoms with van der Waals surface area (Å²) in [5.41, 5.74) is 1.28. The van der Waals surface area contributed by atoms with Crippen LogP contribution in [0.4, 0.5) is 0 Å². The van der Waals surface area contributed by atoms with Crippen LogP contribution in [0.25, 0.3) is 0 Å². The van der Waals surface area contributed by atoms with E-state index in [9.17, 15) is 4.79 Å². The van der Waals surface area contributed by atoms with E-state index >= 15 is 0 Å². The Labute approximate surface area is 139 Å². The Bertz CT molecular complexity index is 467. The molecule has 3 nitrogen and oxygen atoms in total. The molecule has 3 unspecified atom stereocenters. The Hall–Kier alpha value is -1.06. The van der Waals surface area contributed by atoms with Gasteiger partial charge in [0.05, 0.1) is 0 Å². The van der Waals surface area contributed by atoms with Crippen LogP contribution in [0.1, 0.15) is 56.9 Å². The minimum Gasteiger partial charge on any atom is -0.353 e. The molecule has 3 rings (SSSR count). The molecule has 1 aromatic carbocycles. The average molecular weight is 323 g/mol. The third-order valence-electron chi connectivity index (χ3n) is 5.03. The van der Waals surface area contributed by atoms with Gasteiger partial charge in [-0.25, -0.2) is 0 Å². The number of carbonyl (C=O) groups is 1. The molecule has 2 heterocycles. The zero-order valence-corrected chi connectivity index (χ0v) is 14.1. The van der Waals surface area contributed by atoms with Crippen molar-refractivity contribution in [2.24, 2.45) is 0 Å². The van der Waals surface area contributed by atoms with E-state index in [1.165, 1.54) is 18.4 Å². The van der Waals surface area contributed by atoms with E-state index in [0.717, 1.165) is 19.3 Å². The van der Waals surface area contributed by atoms with Crippen molar-refractivity contribution >= 4 is 18.3 Å². The number of halogens is 1. The molecule has 0 aromatic heterocycles. The first-order valence-electron chi connectivity index (χ1n) is 8.35. The number of hydrogen-bond acceptors (Lipinski definition) is 2. The lowest BCUT2D eigenvalue weighted by Gasteiger charge is -2.30. The van der Waals surface area contributed by atoms with Gasteiger partial charge in [-0.15, -0.1) is 12.4 Å². The van der Waals surface area contributed by atoms with E-state index in [-0.39, 0.29) is 18.3 Å². The molecule has 2 fully saturated rings. The van der Waals surface area contributed by atoms with Crippen molar-refractivity contribution in [3.05, 3.63) is 35.9 Å². The molecule has 1 aromatic rings. The number of rotatable bonds is 5. The van der Waals surface area contributed by atoms with E-state index in [1.807, 2.05) is 6.07 Å². The van der Waals surface area contributed by atoms with Crippen LogP contribution in [-0.4, -0.2) is 24.0 Å². The summed E-state index contributed by atoms with van der Waals surface area (Å²) < 4.78 is 0. The van der Waals surface area contributed by atoms with Crippen LogP contribution in [0.3, 0.4) is 0 Å². The lowest BCUT2D eigenvalue weighted by molar-refractivity contribution is -0.122. The van der Waals surface area contributed by atoms with Crippen molar-refractivity contribution in [2.75, 3.05) is 0 Å². The molecule has 2 bridgehead atoms. The molecular formula is C18H27ClN2O. The largest absolute Gasteiger partial charge is 0.353 e. The predicted octanol–water partition coefficient (Wildman–Crippen LogP) is 3.39. The Morgan fingerprint density at radius 3 is 2.45 bits per heavy atom. The third kappa shape index (κ3) is 4.23. The second kappa shape index (κ2) is 7.98. The Morgan fingerprint density at radius 2 is 1.86 bits per heavy atom. The van der Waals surface area contributed by atoms with Gasteiger partial charge >= 0.3 is 0 Å². The number of benzene rings is 1. The van der Waals surface area contributed by atoms with Gasteiger partial charge in [-0.2, -0.15) is 0 Å². The monoisotopic (exact) mass is 322 g/mol. The summed E-state index contributed by atoms with van der Waals surface area (Å²) in [6.45, 7) is 2.16. The zero-order valence-electron chi connectivity index (χ0n) is 13.3. The molecule has 122 valence electrons. The van der Waals surface area contributed by atoms with E-state index < -0.39 is 0 Å². The maximum Gasteiger partial charge on any atom is 0.220 e. The van der Waals surface area contributed by atoms with Crippen molar-refractivity contribution in [3.63, 3.8) is 0 Å². The fourth-order valence-corrected chi connectivity index (χ4v) is 3.91. The van der Waals surface area contributed by atoms with Gasteiger partial charge in [-0.05, 0) is 43.6 Å². The highest BCUT2D eigenvalue weighted by Crippen LogP contribution is 2.27. The smallest absolute Gasteiger partial charge is 0.220 e.